The van der Waals surface area contributed by atoms with Crippen molar-refractivity contribution in [2.75, 3.05) is 11.8 Å². The van der Waals surface area contributed by atoms with Crippen LogP contribution in [0, 0.1) is 5.82 Å². The summed E-state index contributed by atoms with van der Waals surface area (Å²) in [5.74, 6) is -2.14. The average Bonchev–Trinajstić information content (AvgIpc) is 2.67. The number of carboxylic acids is 1. The number of nitrogens with one attached hydrogen (secondary N) is 1. The quantitative estimate of drug-likeness (QED) is 0.564. The molecule has 0 aliphatic carbocycles. The molecular formula is C20H16FNO6S. The molecule has 0 heterocycles. The SMILES string of the molecule is COc1cc(F)ccc1-c1cccc(S(=O)(=O)Nc2ccc(C(=O)O)c(O)c2)c1. The highest BCUT2D eigenvalue weighted by atomic mass is 32.2. The summed E-state index contributed by atoms with van der Waals surface area (Å²) in [6.07, 6.45) is 0. The third-order valence-corrected chi connectivity index (χ3v) is 5.48. The second-order valence-corrected chi connectivity index (χ2v) is 7.70. The molecule has 0 fully saturated rings. The zero-order valence-electron chi connectivity index (χ0n) is 15.1. The second kappa shape index (κ2) is 7.80. The van der Waals surface area contributed by atoms with Crippen LogP contribution in [-0.4, -0.2) is 31.7 Å². The van der Waals surface area contributed by atoms with Crippen molar-refractivity contribution in [3.05, 3.63) is 72.0 Å². The molecule has 0 saturated heterocycles. The van der Waals surface area contributed by atoms with Crippen LogP contribution in [0.4, 0.5) is 10.1 Å². The first-order chi connectivity index (χ1) is 13.7. The summed E-state index contributed by atoms with van der Waals surface area (Å²) >= 11 is 0. The van der Waals surface area contributed by atoms with E-state index >= 15 is 0 Å². The monoisotopic (exact) mass is 417 g/mol. The van der Waals surface area contributed by atoms with Crippen LogP contribution in [0.3, 0.4) is 0 Å². The number of carboxylic acid groups (broad SMARTS) is 1. The second-order valence-electron chi connectivity index (χ2n) is 6.02. The van der Waals surface area contributed by atoms with Crippen LogP contribution in [0.25, 0.3) is 11.1 Å². The number of ether oxygens (including phenoxy) is 1. The highest BCUT2D eigenvalue weighted by molar-refractivity contribution is 7.92. The zero-order valence-corrected chi connectivity index (χ0v) is 15.9. The van der Waals surface area contributed by atoms with Crippen molar-refractivity contribution in [1.82, 2.24) is 0 Å². The van der Waals surface area contributed by atoms with Crippen molar-refractivity contribution < 1.29 is 32.6 Å². The van der Waals surface area contributed by atoms with E-state index in [2.05, 4.69) is 4.72 Å². The van der Waals surface area contributed by atoms with E-state index in [1.165, 1.54) is 49.6 Å². The van der Waals surface area contributed by atoms with Crippen LogP contribution < -0.4 is 9.46 Å². The molecule has 3 aromatic rings. The molecule has 150 valence electrons. The van der Waals surface area contributed by atoms with Crippen molar-refractivity contribution in [1.29, 1.82) is 0 Å². The van der Waals surface area contributed by atoms with Crippen LogP contribution in [0.2, 0.25) is 0 Å². The molecule has 0 saturated carbocycles. The van der Waals surface area contributed by atoms with E-state index in [-0.39, 0.29) is 21.9 Å². The Morgan fingerprint density at radius 2 is 1.83 bits per heavy atom. The Morgan fingerprint density at radius 3 is 2.48 bits per heavy atom. The number of aromatic carboxylic acids is 1. The lowest BCUT2D eigenvalue weighted by Gasteiger charge is -2.12. The summed E-state index contributed by atoms with van der Waals surface area (Å²) in [7, 11) is -2.66. The molecule has 3 rings (SSSR count). The molecule has 0 aliphatic rings. The number of halogens is 1. The number of rotatable bonds is 6. The van der Waals surface area contributed by atoms with Gasteiger partial charge in [0.25, 0.3) is 10.0 Å². The van der Waals surface area contributed by atoms with Gasteiger partial charge < -0.3 is 14.9 Å². The number of aromatic hydroxyl groups is 1. The minimum atomic E-state index is -4.04. The fraction of sp³-hybridized carbons (Fsp3) is 0.0500. The summed E-state index contributed by atoms with van der Waals surface area (Å²) in [5.41, 5.74) is 0.652. The predicted molar refractivity (Wildman–Crippen MR) is 104 cm³/mol. The number of sulfonamides is 1. The first-order valence-electron chi connectivity index (χ1n) is 8.24. The molecule has 0 atom stereocenters. The maximum absolute atomic E-state index is 13.4. The average molecular weight is 417 g/mol. The fourth-order valence-electron chi connectivity index (χ4n) is 2.72. The first-order valence-corrected chi connectivity index (χ1v) is 9.72. The number of hydrogen-bond acceptors (Lipinski definition) is 5. The van der Waals surface area contributed by atoms with Crippen LogP contribution in [-0.2, 0) is 10.0 Å². The summed E-state index contributed by atoms with van der Waals surface area (Å²) < 4.78 is 46.3. The Balaban J connectivity index is 1.96. The van der Waals surface area contributed by atoms with Gasteiger partial charge >= 0.3 is 5.97 Å². The highest BCUT2D eigenvalue weighted by Crippen LogP contribution is 2.32. The number of phenols is 1. The van der Waals surface area contributed by atoms with E-state index in [1.54, 1.807) is 6.07 Å². The van der Waals surface area contributed by atoms with E-state index < -0.39 is 27.6 Å². The lowest BCUT2D eigenvalue weighted by atomic mass is 10.0. The van der Waals surface area contributed by atoms with Crippen molar-refractivity contribution in [2.24, 2.45) is 0 Å². The fourth-order valence-corrected chi connectivity index (χ4v) is 3.82. The first kappa shape index (κ1) is 20.2. The molecular weight excluding hydrogens is 401 g/mol. The van der Waals surface area contributed by atoms with Gasteiger partial charge in [-0.1, -0.05) is 12.1 Å². The Bertz CT molecular complexity index is 1190. The van der Waals surface area contributed by atoms with E-state index in [9.17, 15) is 22.7 Å². The van der Waals surface area contributed by atoms with E-state index in [1.807, 2.05) is 0 Å². The minimum absolute atomic E-state index is 0.00253. The topological polar surface area (TPSA) is 113 Å². The standard InChI is InChI=1S/C20H16FNO6S/c1-28-19-10-13(21)5-7-16(19)12-3-2-4-15(9-12)29(26,27)22-14-6-8-17(20(24)25)18(23)11-14/h2-11,22-23H,1H3,(H,24,25). The van der Waals surface area contributed by atoms with E-state index in [0.29, 0.717) is 11.1 Å². The molecule has 0 aliphatic heterocycles. The number of carbonyl (C=O) groups is 1. The number of benzene rings is 3. The summed E-state index contributed by atoms with van der Waals surface area (Å²) in [5, 5.41) is 18.7. The predicted octanol–water partition coefficient (Wildman–Crippen LogP) is 3.71. The summed E-state index contributed by atoms with van der Waals surface area (Å²) in [4.78, 5) is 10.9. The molecule has 0 spiro atoms. The molecule has 0 radical (unpaired) electrons. The lowest BCUT2D eigenvalue weighted by Crippen LogP contribution is -2.13. The normalized spacial score (nSPS) is 11.1. The molecule has 9 heteroatoms. The molecule has 0 bridgehead atoms. The van der Waals surface area contributed by atoms with Crippen molar-refractivity contribution in [3.63, 3.8) is 0 Å². The van der Waals surface area contributed by atoms with E-state index in [0.717, 1.165) is 12.1 Å². The third-order valence-electron chi connectivity index (χ3n) is 4.10. The smallest absolute Gasteiger partial charge is 0.339 e. The Labute approximate surface area is 166 Å². The number of methoxy groups -OCH3 is 1. The number of hydrogen-bond donors (Lipinski definition) is 3. The van der Waals surface area contributed by atoms with Crippen LogP contribution in [0.5, 0.6) is 11.5 Å². The molecule has 0 aromatic heterocycles. The summed E-state index contributed by atoms with van der Waals surface area (Å²) in [6, 6.07) is 13.2. The largest absolute Gasteiger partial charge is 0.507 e. The van der Waals surface area contributed by atoms with Gasteiger partial charge in [-0.15, -0.1) is 0 Å². The van der Waals surface area contributed by atoms with Crippen LogP contribution >= 0.6 is 0 Å². The highest BCUT2D eigenvalue weighted by Gasteiger charge is 2.18. The van der Waals surface area contributed by atoms with Crippen molar-refractivity contribution in [2.45, 2.75) is 4.90 Å². The Morgan fingerprint density at radius 1 is 1.07 bits per heavy atom. The Kier molecular flexibility index (Phi) is 5.42. The maximum Gasteiger partial charge on any atom is 0.339 e. The van der Waals surface area contributed by atoms with Crippen LogP contribution in [0.15, 0.2) is 65.6 Å². The van der Waals surface area contributed by atoms with Gasteiger partial charge in [0.05, 0.1) is 17.7 Å². The van der Waals surface area contributed by atoms with Gasteiger partial charge in [-0.2, -0.15) is 0 Å². The van der Waals surface area contributed by atoms with Gasteiger partial charge in [-0.25, -0.2) is 17.6 Å². The Hall–Kier alpha value is -3.59. The molecule has 3 N–H and O–H groups in total. The molecule has 29 heavy (non-hydrogen) atoms. The molecule has 3 aromatic carbocycles. The van der Waals surface area contributed by atoms with Gasteiger partial charge in [-0.05, 0) is 42.0 Å². The van der Waals surface area contributed by atoms with Gasteiger partial charge in [0.15, 0.2) is 0 Å². The number of anilines is 1. The van der Waals surface area contributed by atoms with Gasteiger partial charge in [0, 0.05) is 17.7 Å². The van der Waals surface area contributed by atoms with Gasteiger partial charge in [0.2, 0.25) is 0 Å². The summed E-state index contributed by atoms with van der Waals surface area (Å²) in [6.45, 7) is 0. The molecule has 0 amide bonds. The van der Waals surface area contributed by atoms with E-state index in [4.69, 9.17) is 9.84 Å². The zero-order chi connectivity index (χ0) is 21.2. The minimum Gasteiger partial charge on any atom is -0.507 e. The van der Waals surface area contributed by atoms with Crippen LogP contribution in [0.1, 0.15) is 10.4 Å². The maximum atomic E-state index is 13.4. The van der Waals surface area contributed by atoms with Gasteiger partial charge in [-0.3, -0.25) is 4.72 Å². The van der Waals surface area contributed by atoms with Gasteiger partial charge in [0.1, 0.15) is 22.9 Å². The van der Waals surface area contributed by atoms with Crippen molar-refractivity contribution >= 4 is 21.7 Å². The lowest BCUT2D eigenvalue weighted by molar-refractivity contribution is 0.0693. The molecule has 7 nitrogen and oxygen atoms in total. The third kappa shape index (κ3) is 4.30. The van der Waals surface area contributed by atoms with Crippen molar-refractivity contribution in [3.8, 4) is 22.6 Å². The molecule has 0 unspecified atom stereocenters.